The smallest absolute Gasteiger partial charge is 0.268 e. The Hall–Kier alpha value is -3.75. The second-order valence-electron chi connectivity index (χ2n) is 6.96. The molecule has 0 fully saturated rings. The van der Waals surface area contributed by atoms with Crippen LogP contribution in [0.1, 0.15) is 16.7 Å². The second kappa shape index (κ2) is 10.2. The van der Waals surface area contributed by atoms with Crippen LogP contribution in [0.4, 0.5) is 5.13 Å². The minimum Gasteiger partial charge on any atom is -0.493 e. The van der Waals surface area contributed by atoms with Crippen molar-refractivity contribution in [2.24, 2.45) is 0 Å². The van der Waals surface area contributed by atoms with Gasteiger partial charge >= 0.3 is 0 Å². The Morgan fingerprint density at radius 3 is 2.55 bits per heavy atom. The maximum absolute atomic E-state index is 12.4. The number of carbonyl (C=O) groups excluding carboxylic acids is 1. The van der Waals surface area contributed by atoms with Crippen LogP contribution >= 0.6 is 11.5 Å². The highest BCUT2D eigenvalue weighted by atomic mass is 32.2. The lowest BCUT2D eigenvalue weighted by molar-refractivity contribution is -0.112. The first-order chi connectivity index (χ1) is 15.7. The van der Waals surface area contributed by atoms with E-state index >= 15 is 0 Å². The number of hydrogen-bond donors (Lipinski definition) is 1. The first-order valence-electron chi connectivity index (χ1n) is 9.53. The highest BCUT2D eigenvalue weighted by molar-refractivity contribution is 7.90. The van der Waals surface area contributed by atoms with Gasteiger partial charge in [0.05, 0.1) is 7.11 Å². The van der Waals surface area contributed by atoms with Crippen LogP contribution < -0.4 is 14.8 Å². The van der Waals surface area contributed by atoms with Crippen molar-refractivity contribution in [1.82, 2.24) is 9.36 Å². The van der Waals surface area contributed by atoms with Crippen LogP contribution in [0, 0.1) is 18.3 Å². The number of amides is 1. The van der Waals surface area contributed by atoms with Gasteiger partial charge in [0.15, 0.2) is 11.5 Å². The molecule has 3 aromatic rings. The van der Waals surface area contributed by atoms with Crippen molar-refractivity contribution >= 4 is 38.5 Å². The number of benzene rings is 2. The number of hydrogen-bond acceptors (Lipinski definition) is 9. The summed E-state index contributed by atoms with van der Waals surface area (Å²) in [6.45, 7) is 2.37. The van der Waals surface area contributed by atoms with Crippen LogP contribution in [0.5, 0.6) is 11.5 Å². The van der Waals surface area contributed by atoms with E-state index in [0.29, 0.717) is 35.2 Å². The molecule has 0 aliphatic heterocycles. The summed E-state index contributed by atoms with van der Waals surface area (Å²) in [6.07, 6.45) is 2.34. The van der Waals surface area contributed by atoms with Crippen LogP contribution in [0.2, 0.25) is 0 Å². The number of methoxy groups -OCH3 is 1. The zero-order valence-electron chi connectivity index (χ0n) is 18.0. The van der Waals surface area contributed by atoms with Gasteiger partial charge in [0.1, 0.15) is 18.2 Å². The molecular formula is C22H20N4O5S2. The Labute approximate surface area is 195 Å². The van der Waals surface area contributed by atoms with Crippen molar-refractivity contribution in [2.45, 2.75) is 18.7 Å². The average Bonchev–Trinajstić information content (AvgIpc) is 3.26. The SMILES string of the molecule is COc1cc(C=C(C#N)C(=O)Nc2nc(S(C)(=O)=O)ns2)ccc1OCc1ccc(C)cc1. The van der Waals surface area contributed by atoms with Crippen LogP contribution in [0.15, 0.2) is 53.2 Å². The number of nitriles is 1. The molecule has 170 valence electrons. The summed E-state index contributed by atoms with van der Waals surface area (Å²) in [5, 5.41) is 11.4. The number of nitrogens with zero attached hydrogens (tertiary/aromatic N) is 3. The van der Waals surface area contributed by atoms with E-state index in [-0.39, 0.29) is 10.7 Å². The number of nitrogens with one attached hydrogen (secondary N) is 1. The van der Waals surface area contributed by atoms with Crippen LogP contribution in [-0.4, -0.2) is 37.0 Å². The van der Waals surface area contributed by atoms with E-state index < -0.39 is 20.9 Å². The van der Waals surface area contributed by atoms with Crippen LogP contribution in [0.25, 0.3) is 6.08 Å². The van der Waals surface area contributed by atoms with Gasteiger partial charge in [-0.05, 0) is 36.3 Å². The Morgan fingerprint density at radius 1 is 1.21 bits per heavy atom. The predicted octanol–water partition coefficient (Wildman–Crippen LogP) is 3.38. The molecule has 0 aliphatic rings. The van der Waals surface area contributed by atoms with Crippen molar-refractivity contribution in [1.29, 1.82) is 5.26 Å². The first-order valence-corrected chi connectivity index (χ1v) is 12.2. The molecule has 2 aromatic carbocycles. The highest BCUT2D eigenvalue weighted by Gasteiger charge is 2.17. The lowest BCUT2D eigenvalue weighted by Crippen LogP contribution is -2.13. The molecule has 0 aliphatic carbocycles. The number of rotatable bonds is 8. The van der Waals surface area contributed by atoms with E-state index in [4.69, 9.17) is 9.47 Å². The lowest BCUT2D eigenvalue weighted by Gasteiger charge is -2.12. The summed E-state index contributed by atoms with van der Waals surface area (Å²) in [5.74, 6) is 0.211. The molecule has 0 saturated carbocycles. The summed E-state index contributed by atoms with van der Waals surface area (Å²) in [4.78, 5) is 16.2. The molecule has 33 heavy (non-hydrogen) atoms. The number of sulfone groups is 1. The molecule has 0 saturated heterocycles. The Balaban J connectivity index is 1.74. The summed E-state index contributed by atoms with van der Waals surface area (Å²) < 4.78 is 37.9. The fraction of sp³-hybridized carbons (Fsp3) is 0.182. The third-order valence-electron chi connectivity index (χ3n) is 4.34. The van der Waals surface area contributed by atoms with E-state index in [0.717, 1.165) is 17.4 Å². The molecule has 1 N–H and O–H groups in total. The minimum absolute atomic E-state index is 0.0287. The molecule has 9 nitrogen and oxygen atoms in total. The third-order valence-corrected chi connectivity index (χ3v) is 5.93. The third kappa shape index (κ3) is 6.38. The van der Waals surface area contributed by atoms with Crippen molar-refractivity contribution in [3.63, 3.8) is 0 Å². The van der Waals surface area contributed by atoms with Gasteiger partial charge < -0.3 is 9.47 Å². The highest BCUT2D eigenvalue weighted by Crippen LogP contribution is 2.30. The molecule has 0 atom stereocenters. The van der Waals surface area contributed by atoms with Gasteiger partial charge in [-0.25, -0.2) is 8.42 Å². The molecule has 0 bridgehead atoms. The van der Waals surface area contributed by atoms with Gasteiger partial charge in [-0.15, -0.1) is 0 Å². The molecule has 3 rings (SSSR count). The van der Waals surface area contributed by atoms with E-state index in [1.807, 2.05) is 37.3 Å². The van der Waals surface area contributed by atoms with Gasteiger partial charge in [-0.3, -0.25) is 10.1 Å². The number of anilines is 1. The van der Waals surface area contributed by atoms with Gasteiger partial charge in [-0.1, -0.05) is 35.9 Å². The van der Waals surface area contributed by atoms with Gasteiger partial charge in [-0.2, -0.15) is 14.6 Å². The van der Waals surface area contributed by atoms with E-state index in [9.17, 15) is 18.5 Å². The normalized spacial score (nSPS) is 11.5. The molecular weight excluding hydrogens is 464 g/mol. The number of ether oxygens (including phenoxy) is 2. The molecule has 11 heteroatoms. The number of aryl methyl sites for hydroxylation is 1. The lowest BCUT2D eigenvalue weighted by atomic mass is 10.1. The zero-order valence-corrected chi connectivity index (χ0v) is 19.7. The molecule has 0 spiro atoms. The van der Waals surface area contributed by atoms with Crippen molar-refractivity contribution < 1.29 is 22.7 Å². The quantitative estimate of drug-likeness (QED) is 0.380. The van der Waals surface area contributed by atoms with Crippen molar-refractivity contribution in [3.05, 3.63) is 64.7 Å². The summed E-state index contributed by atoms with van der Waals surface area (Å²) in [5.41, 5.74) is 2.49. The molecule has 0 unspecified atom stereocenters. The standard InChI is InChI=1S/C22H20N4O5S2/c1-14-4-6-15(7-5-14)13-31-18-9-8-16(11-19(18)30-2)10-17(12-23)20(27)24-21-25-22(26-32-21)33(3,28)29/h4-11H,13H2,1-3H3,(H,24,25,26,27). The number of aromatic nitrogens is 2. The second-order valence-corrected chi connectivity index (χ2v) is 9.62. The molecule has 1 amide bonds. The van der Waals surface area contributed by atoms with Crippen molar-refractivity contribution in [3.8, 4) is 17.6 Å². The fourth-order valence-corrected chi connectivity index (χ4v) is 4.07. The Bertz CT molecular complexity index is 1340. The molecule has 1 aromatic heterocycles. The maximum atomic E-state index is 12.4. The summed E-state index contributed by atoms with van der Waals surface area (Å²) in [7, 11) is -2.10. The minimum atomic E-state index is -3.60. The monoisotopic (exact) mass is 484 g/mol. The van der Waals surface area contributed by atoms with Crippen molar-refractivity contribution in [2.75, 3.05) is 18.7 Å². The largest absolute Gasteiger partial charge is 0.493 e. The predicted molar refractivity (Wildman–Crippen MR) is 124 cm³/mol. The van der Waals surface area contributed by atoms with Gasteiger partial charge in [0, 0.05) is 17.8 Å². The van der Waals surface area contributed by atoms with Crippen LogP contribution in [-0.2, 0) is 21.2 Å². The Kier molecular flexibility index (Phi) is 7.42. The topological polar surface area (TPSA) is 131 Å². The number of carbonyl (C=O) groups is 1. The van der Waals surface area contributed by atoms with E-state index in [1.165, 1.54) is 13.2 Å². The summed E-state index contributed by atoms with van der Waals surface area (Å²) in [6, 6.07) is 14.8. The average molecular weight is 485 g/mol. The Morgan fingerprint density at radius 2 is 1.94 bits per heavy atom. The maximum Gasteiger partial charge on any atom is 0.268 e. The molecule has 0 radical (unpaired) electrons. The van der Waals surface area contributed by atoms with Gasteiger partial charge in [0.25, 0.3) is 11.1 Å². The first kappa shape index (κ1) is 23.9. The fourth-order valence-electron chi connectivity index (χ4n) is 2.63. The van der Waals surface area contributed by atoms with E-state index in [2.05, 4.69) is 14.7 Å². The van der Waals surface area contributed by atoms with E-state index in [1.54, 1.807) is 18.2 Å². The van der Waals surface area contributed by atoms with Gasteiger partial charge in [0.2, 0.25) is 15.0 Å². The zero-order chi connectivity index (χ0) is 24.0. The van der Waals surface area contributed by atoms with Crippen LogP contribution in [0.3, 0.4) is 0 Å². The summed E-state index contributed by atoms with van der Waals surface area (Å²) >= 11 is 0.706. The molecule has 1 heterocycles.